The molecule has 1 atom stereocenters. The van der Waals surface area contributed by atoms with Gasteiger partial charge in [0.05, 0.1) is 6.54 Å². The molecule has 1 N–H and O–H groups in total. The van der Waals surface area contributed by atoms with Crippen LogP contribution in [0.2, 0.25) is 0 Å². The summed E-state index contributed by atoms with van der Waals surface area (Å²) in [7, 11) is 0. The zero-order valence-electron chi connectivity index (χ0n) is 11.1. The molecule has 0 spiro atoms. The summed E-state index contributed by atoms with van der Waals surface area (Å²) in [6.07, 6.45) is 4.77. The third kappa shape index (κ3) is 3.32. The van der Waals surface area contributed by atoms with Crippen molar-refractivity contribution < 1.29 is 9.32 Å². The van der Waals surface area contributed by atoms with Gasteiger partial charge in [-0.25, -0.2) is 0 Å². The van der Waals surface area contributed by atoms with E-state index in [-0.39, 0.29) is 5.91 Å². The van der Waals surface area contributed by atoms with Crippen LogP contribution in [0, 0.1) is 6.92 Å². The number of nitrogens with one attached hydrogen (secondary N) is 1. The maximum atomic E-state index is 11.9. The Morgan fingerprint density at radius 3 is 3.11 bits per heavy atom. The van der Waals surface area contributed by atoms with E-state index in [1.54, 1.807) is 13.0 Å². The Hall–Kier alpha value is -1.36. The molecule has 5 heteroatoms. The van der Waals surface area contributed by atoms with Crippen molar-refractivity contribution in [1.82, 2.24) is 10.1 Å². The lowest BCUT2D eigenvalue weighted by atomic mass is 10.0. The number of rotatable bonds is 4. The van der Waals surface area contributed by atoms with Crippen molar-refractivity contribution in [2.75, 3.05) is 18.4 Å². The maximum Gasteiger partial charge on any atom is 0.239 e. The number of aromatic nitrogens is 1. The number of hydrogen-bond acceptors (Lipinski definition) is 4. The second-order valence-corrected chi connectivity index (χ2v) is 4.90. The molecule has 0 bridgehead atoms. The number of likely N-dealkylation sites (tertiary alicyclic amines) is 1. The highest BCUT2D eigenvalue weighted by Gasteiger charge is 2.22. The van der Waals surface area contributed by atoms with Gasteiger partial charge in [-0.2, -0.15) is 0 Å². The number of anilines is 1. The van der Waals surface area contributed by atoms with Gasteiger partial charge in [0.2, 0.25) is 5.91 Å². The molecule has 0 aliphatic carbocycles. The normalized spacial score (nSPS) is 20.9. The molecule has 18 heavy (non-hydrogen) atoms. The molecule has 2 heterocycles. The number of nitrogens with zero attached hydrogens (tertiary/aromatic N) is 2. The Morgan fingerprint density at radius 2 is 2.44 bits per heavy atom. The van der Waals surface area contributed by atoms with E-state index >= 15 is 0 Å². The van der Waals surface area contributed by atoms with E-state index in [9.17, 15) is 4.79 Å². The van der Waals surface area contributed by atoms with Gasteiger partial charge in [0, 0.05) is 12.1 Å². The predicted molar refractivity (Wildman–Crippen MR) is 69.4 cm³/mol. The maximum absolute atomic E-state index is 11.9. The van der Waals surface area contributed by atoms with E-state index in [0.29, 0.717) is 24.2 Å². The van der Waals surface area contributed by atoms with Crippen LogP contribution < -0.4 is 5.32 Å². The van der Waals surface area contributed by atoms with Crippen molar-refractivity contribution in [2.24, 2.45) is 0 Å². The molecule has 1 amide bonds. The van der Waals surface area contributed by atoms with Crippen LogP contribution in [0.15, 0.2) is 10.6 Å². The summed E-state index contributed by atoms with van der Waals surface area (Å²) in [6.45, 7) is 5.45. The van der Waals surface area contributed by atoms with E-state index in [0.717, 1.165) is 13.0 Å². The van der Waals surface area contributed by atoms with Crippen molar-refractivity contribution in [1.29, 1.82) is 0 Å². The van der Waals surface area contributed by atoms with Crippen LogP contribution in [0.5, 0.6) is 0 Å². The topological polar surface area (TPSA) is 58.4 Å². The average Bonchev–Trinajstić information content (AvgIpc) is 2.75. The Balaban J connectivity index is 1.86. The lowest BCUT2D eigenvalue weighted by molar-refractivity contribution is -0.118. The number of carbonyl (C=O) groups is 1. The minimum Gasteiger partial charge on any atom is -0.360 e. The second-order valence-electron chi connectivity index (χ2n) is 4.90. The number of piperidine rings is 1. The van der Waals surface area contributed by atoms with Gasteiger partial charge in [-0.05, 0) is 32.7 Å². The van der Waals surface area contributed by atoms with E-state index in [1.807, 2.05) is 0 Å². The van der Waals surface area contributed by atoms with E-state index in [1.165, 1.54) is 19.3 Å². The van der Waals surface area contributed by atoms with Crippen LogP contribution in [0.3, 0.4) is 0 Å². The van der Waals surface area contributed by atoms with Crippen molar-refractivity contribution in [3.05, 3.63) is 11.8 Å². The first-order valence-corrected chi connectivity index (χ1v) is 6.66. The Morgan fingerprint density at radius 1 is 1.61 bits per heavy atom. The smallest absolute Gasteiger partial charge is 0.239 e. The molecule has 0 aromatic carbocycles. The summed E-state index contributed by atoms with van der Waals surface area (Å²) in [5, 5.41) is 6.53. The van der Waals surface area contributed by atoms with Crippen LogP contribution in [-0.2, 0) is 4.79 Å². The monoisotopic (exact) mass is 251 g/mol. The van der Waals surface area contributed by atoms with Crippen molar-refractivity contribution in [2.45, 2.75) is 45.6 Å². The highest BCUT2D eigenvalue weighted by molar-refractivity contribution is 5.91. The SMILES string of the molecule is CCC1CCCCN1CC(=O)Nc1cc(C)on1. The summed E-state index contributed by atoms with van der Waals surface area (Å²) in [4.78, 5) is 14.2. The molecule has 2 rings (SSSR count). The van der Waals surface area contributed by atoms with Gasteiger partial charge in [-0.3, -0.25) is 9.69 Å². The molecular weight excluding hydrogens is 230 g/mol. The van der Waals surface area contributed by atoms with Crippen LogP contribution in [0.25, 0.3) is 0 Å². The summed E-state index contributed by atoms with van der Waals surface area (Å²) in [6, 6.07) is 2.27. The standard InChI is InChI=1S/C13H21N3O2/c1-3-11-6-4-5-7-16(11)9-13(17)14-12-8-10(2)18-15-12/h8,11H,3-7,9H2,1-2H3,(H,14,15,17). The lowest BCUT2D eigenvalue weighted by Gasteiger charge is -2.34. The van der Waals surface area contributed by atoms with Gasteiger partial charge in [-0.1, -0.05) is 18.5 Å². The zero-order chi connectivity index (χ0) is 13.0. The fourth-order valence-electron chi connectivity index (χ4n) is 2.52. The molecule has 1 aliphatic heterocycles. The molecule has 100 valence electrons. The third-order valence-corrected chi connectivity index (χ3v) is 3.46. The van der Waals surface area contributed by atoms with Gasteiger partial charge < -0.3 is 9.84 Å². The van der Waals surface area contributed by atoms with E-state index < -0.39 is 0 Å². The molecule has 0 radical (unpaired) electrons. The first-order chi connectivity index (χ1) is 8.69. The lowest BCUT2D eigenvalue weighted by Crippen LogP contribution is -2.43. The molecule has 1 saturated heterocycles. The summed E-state index contributed by atoms with van der Waals surface area (Å²) in [5.41, 5.74) is 0. The van der Waals surface area contributed by atoms with Crippen molar-refractivity contribution in [3.63, 3.8) is 0 Å². The molecular formula is C13H21N3O2. The Bertz CT molecular complexity index is 403. The molecule has 1 aliphatic rings. The average molecular weight is 251 g/mol. The number of aryl methyl sites for hydroxylation is 1. The zero-order valence-corrected chi connectivity index (χ0v) is 11.1. The molecule has 1 aromatic rings. The van der Waals surface area contributed by atoms with Gasteiger partial charge in [0.25, 0.3) is 0 Å². The van der Waals surface area contributed by atoms with Gasteiger partial charge in [0.15, 0.2) is 5.82 Å². The highest BCUT2D eigenvalue weighted by Crippen LogP contribution is 2.19. The molecule has 1 aromatic heterocycles. The quantitative estimate of drug-likeness (QED) is 0.891. The summed E-state index contributed by atoms with van der Waals surface area (Å²) in [5.74, 6) is 1.20. The van der Waals surface area contributed by atoms with Crippen LogP contribution in [0.4, 0.5) is 5.82 Å². The van der Waals surface area contributed by atoms with Crippen molar-refractivity contribution >= 4 is 11.7 Å². The third-order valence-electron chi connectivity index (χ3n) is 3.46. The highest BCUT2D eigenvalue weighted by atomic mass is 16.5. The first kappa shape index (κ1) is 13.1. The summed E-state index contributed by atoms with van der Waals surface area (Å²) < 4.78 is 4.92. The van der Waals surface area contributed by atoms with Crippen LogP contribution >= 0.6 is 0 Å². The van der Waals surface area contributed by atoms with Crippen LogP contribution in [-0.4, -0.2) is 35.1 Å². The van der Waals surface area contributed by atoms with E-state index in [4.69, 9.17) is 4.52 Å². The fraction of sp³-hybridized carbons (Fsp3) is 0.692. The number of carbonyl (C=O) groups excluding carboxylic acids is 1. The number of amides is 1. The minimum absolute atomic E-state index is 0.0105. The summed E-state index contributed by atoms with van der Waals surface area (Å²) >= 11 is 0. The Labute approximate surface area is 108 Å². The van der Waals surface area contributed by atoms with Crippen molar-refractivity contribution in [3.8, 4) is 0 Å². The molecule has 1 unspecified atom stereocenters. The first-order valence-electron chi connectivity index (χ1n) is 6.66. The largest absolute Gasteiger partial charge is 0.360 e. The molecule has 0 saturated carbocycles. The Kier molecular flexibility index (Phi) is 4.36. The van der Waals surface area contributed by atoms with E-state index in [2.05, 4.69) is 22.3 Å². The minimum atomic E-state index is -0.0105. The fourth-order valence-corrected chi connectivity index (χ4v) is 2.52. The molecule has 1 fully saturated rings. The molecule has 5 nitrogen and oxygen atoms in total. The predicted octanol–water partition coefficient (Wildman–Crippen LogP) is 2.19. The van der Waals surface area contributed by atoms with Gasteiger partial charge >= 0.3 is 0 Å². The second kappa shape index (κ2) is 6.00. The number of hydrogen-bond donors (Lipinski definition) is 1. The van der Waals surface area contributed by atoms with Gasteiger partial charge in [-0.15, -0.1) is 0 Å². The van der Waals surface area contributed by atoms with Gasteiger partial charge in [0.1, 0.15) is 5.76 Å². The van der Waals surface area contributed by atoms with Crippen LogP contribution in [0.1, 0.15) is 38.4 Å².